The number of nitrogens with zero attached hydrogens (tertiary/aromatic N) is 2. The molecule has 0 saturated carbocycles. The Kier molecular flexibility index (Phi) is 3.20. The third-order valence-corrected chi connectivity index (χ3v) is 2.65. The summed E-state index contributed by atoms with van der Waals surface area (Å²) in [5.74, 6) is 0.817. The minimum absolute atomic E-state index is 0.385. The molecule has 2 rings (SSSR count). The van der Waals surface area contributed by atoms with Crippen molar-refractivity contribution in [1.82, 2.24) is 10.3 Å². The zero-order chi connectivity index (χ0) is 10.7. The second-order valence-electron chi connectivity index (χ2n) is 3.04. The van der Waals surface area contributed by atoms with Gasteiger partial charge in [0.05, 0.1) is 0 Å². The smallest absolute Gasteiger partial charge is 0.145 e. The quantitative estimate of drug-likeness (QED) is 0.817. The van der Waals surface area contributed by atoms with Gasteiger partial charge in [-0.1, -0.05) is 10.3 Å². The zero-order valence-corrected chi connectivity index (χ0v) is 10.3. The highest BCUT2D eigenvalue weighted by Crippen LogP contribution is 2.15. The molecule has 0 unspecified atom stereocenters. The maximum Gasteiger partial charge on any atom is 0.145 e. The molecule has 0 atom stereocenters. The summed E-state index contributed by atoms with van der Waals surface area (Å²) < 4.78 is 11.3. The predicted octanol–water partition coefficient (Wildman–Crippen LogP) is 2.56. The van der Waals surface area contributed by atoms with Crippen LogP contribution in [0, 0.1) is 10.5 Å². The third-order valence-electron chi connectivity index (χ3n) is 1.94. The number of halogens is 1. The number of rotatable bonds is 3. The second kappa shape index (κ2) is 4.61. The van der Waals surface area contributed by atoms with E-state index < -0.39 is 0 Å². The molecule has 4 nitrogen and oxygen atoms in total. The average molecular weight is 316 g/mol. The van der Waals surface area contributed by atoms with Crippen LogP contribution < -0.4 is 4.74 Å². The standard InChI is InChI=1S/C10H9IN2O2/c1-7-10(13-15-12-7)6-14-9-4-2-8(11)3-5-9/h2-5H,6H2,1H3. The summed E-state index contributed by atoms with van der Waals surface area (Å²) in [6, 6.07) is 7.82. The van der Waals surface area contributed by atoms with Crippen LogP contribution in [0.4, 0.5) is 0 Å². The Morgan fingerprint density at radius 2 is 2.00 bits per heavy atom. The molecular formula is C10H9IN2O2. The summed E-state index contributed by atoms with van der Waals surface area (Å²) in [5.41, 5.74) is 1.49. The summed E-state index contributed by atoms with van der Waals surface area (Å²) >= 11 is 2.25. The van der Waals surface area contributed by atoms with Crippen LogP contribution in [0.3, 0.4) is 0 Å². The first-order valence-electron chi connectivity index (χ1n) is 4.42. The molecule has 0 aliphatic heterocycles. The molecule has 15 heavy (non-hydrogen) atoms. The fourth-order valence-corrected chi connectivity index (χ4v) is 1.42. The van der Waals surface area contributed by atoms with Crippen LogP contribution >= 0.6 is 22.6 Å². The van der Waals surface area contributed by atoms with Crippen LogP contribution in [-0.4, -0.2) is 10.3 Å². The van der Waals surface area contributed by atoms with Crippen LogP contribution in [0.1, 0.15) is 11.4 Å². The number of aromatic nitrogens is 2. The van der Waals surface area contributed by atoms with Crippen LogP contribution in [0.15, 0.2) is 28.9 Å². The summed E-state index contributed by atoms with van der Waals surface area (Å²) in [5, 5.41) is 7.41. The number of hydrogen-bond acceptors (Lipinski definition) is 4. The van der Waals surface area contributed by atoms with E-state index in [4.69, 9.17) is 4.74 Å². The maximum atomic E-state index is 5.52. The van der Waals surface area contributed by atoms with Crippen LogP contribution in [0.2, 0.25) is 0 Å². The van der Waals surface area contributed by atoms with Crippen molar-refractivity contribution < 1.29 is 9.37 Å². The number of benzene rings is 1. The molecule has 5 heteroatoms. The molecule has 0 amide bonds. The van der Waals surface area contributed by atoms with Crippen LogP contribution in [-0.2, 0) is 6.61 Å². The van der Waals surface area contributed by atoms with E-state index in [1.54, 1.807) is 0 Å². The summed E-state index contributed by atoms with van der Waals surface area (Å²) in [6.07, 6.45) is 0. The molecule has 1 aromatic carbocycles. The highest BCUT2D eigenvalue weighted by atomic mass is 127. The van der Waals surface area contributed by atoms with E-state index in [0.717, 1.165) is 17.1 Å². The van der Waals surface area contributed by atoms with Crippen LogP contribution in [0.25, 0.3) is 0 Å². The highest BCUT2D eigenvalue weighted by Gasteiger charge is 2.05. The lowest BCUT2D eigenvalue weighted by molar-refractivity contribution is 0.270. The van der Waals surface area contributed by atoms with Gasteiger partial charge in [-0.3, -0.25) is 0 Å². The number of aryl methyl sites for hydroxylation is 1. The van der Waals surface area contributed by atoms with E-state index in [0.29, 0.717) is 6.61 Å². The van der Waals surface area contributed by atoms with Gasteiger partial charge in [-0.2, -0.15) is 0 Å². The van der Waals surface area contributed by atoms with Gasteiger partial charge in [0.15, 0.2) is 0 Å². The van der Waals surface area contributed by atoms with Gasteiger partial charge in [0.1, 0.15) is 23.7 Å². The molecule has 0 bridgehead atoms. The van der Waals surface area contributed by atoms with Crippen molar-refractivity contribution >= 4 is 22.6 Å². The van der Waals surface area contributed by atoms with Gasteiger partial charge >= 0.3 is 0 Å². The lowest BCUT2D eigenvalue weighted by Gasteiger charge is -2.03. The normalized spacial score (nSPS) is 10.3. The molecule has 2 aromatic rings. The van der Waals surface area contributed by atoms with Crippen LogP contribution in [0.5, 0.6) is 5.75 Å². The molecule has 0 N–H and O–H groups in total. The molecule has 0 spiro atoms. The van der Waals surface area contributed by atoms with Gasteiger partial charge in [0, 0.05) is 3.57 Å². The Balaban J connectivity index is 1.99. The van der Waals surface area contributed by atoms with Crippen molar-refractivity contribution in [1.29, 1.82) is 0 Å². The van der Waals surface area contributed by atoms with E-state index in [1.165, 1.54) is 3.57 Å². The van der Waals surface area contributed by atoms with E-state index in [9.17, 15) is 0 Å². The van der Waals surface area contributed by atoms with Gasteiger partial charge in [0.25, 0.3) is 0 Å². The Morgan fingerprint density at radius 1 is 1.27 bits per heavy atom. The van der Waals surface area contributed by atoms with Crippen molar-refractivity contribution in [2.75, 3.05) is 0 Å². The Hall–Kier alpha value is -1.11. The average Bonchev–Trinajstić information content (AvgIpc) is 2.63. The first-order valence-corrected chi connectivity index (χ1v) is 5.50. The lowest BCUT2D eigenvalue weighted by atomic mass is 10.3. The number of hydrogen-bond donors (Lipinski definition) is 0. The number of ether oxygens (including phenoxy) is 1. The van der Waals surface area contributed by atoms with E-state index in [-0.39, 0.29) is 0 Å². The summed E-state index contributed by atoms with van der Waals surface area (Å²) in [6.45, 7) is 2.22. The van der Waals surface area contributed by atoms with Gasteiger partial charge in [-0.15, -0.1) is 0 Å². The molecule has 0 fully saturated rings. The van der Waals surface area contributed by atoms with Crippen molar-refractivity contribution in [3.05, 3.63) is 39.2 Å². The van der Waals surface area contributed by atoms with E-state index in [2.05, 4.69) is 37.5 Å². The fraction of sp³-hybridized carbons (Fsp3) is 0.200. The largest absolute Gasteiger partial charge is 0.487 e. The first kappa shape index (κ1) is 10.4. The Bertz CT molecular complexity index is 439. The predicted molar refractivity (Wildman–Crippen MR) is 62.5 cm³/mol. The minimum atomic E-state index is 0.385. The third kappa shape index (κ3) is 2.68. The molecular weight excluding hydrogens is 307 g/mol. The summed E-state index contributed by atoms with van der Waals surface area (Å²) in [4.78, 5) is 0. The van der Waals surface area contributed by atoms with Gasteiger partial charge in [0.2, 0.25) is 0 Å². The topological polar surface area (TPSA) is 48.2 Å². The van der Waals surface area contributed by atoms with Gasteiger partial charge < -0.3 is 4.74 Å². The van der Waals surface area contributed by atoms with E-state index >= 15 is 0 Å². The first-order chi connectivity index (χ1) is 7.25. The summed E-state index contributed by atoms with van der Waals surface area (Å²) in [7, 11) is 0. The van der Waals surface area contributed by atoms with Gasteiger partial charge in [-0.25, -0.2) is 4.63 Å². The SMILES string of the molecule is Cc1nonc1COc1ccc(I)cc1. The monoisotopic (exact) mass is 316 g/mol. The van der Waals surface area contributed by atoms with Crippen molar-refractivity contribution in [3.63, 3.8) is 0 Å². The molecule has 1 aromatic heterocycles. The highest BCUT2D eigenvalue weighted by molar-refractivity contribution is 14.1. The molecule has 0 saturated heterocycles. The molecule has 1 heterocycles. The zero-order valence-electron chi connectivity index (χ0n) is 8.11. The molecule has 0 aliphatic rings. The van der Waals surface area contributed by atoms with Crippen molar-refractivity contribution in [3.8, 4) is 5.75 Å². The van der Waals surface area contributed by atoms with Gasteiger partial charge in [-0.05, 0) is 53.8 Å². The lowest BCUT2D eigenvalue weighted by Crippen LogP contribution is -1.97. The van der Waals surface area contributed by atoms with E-state index in [1.807, 2.05) is 31.2 Å². The fourth-order valence-electron chi connectivity index (χ4n) is 1.06. The Labute approximate surface area is 101 Å². The maximum absolute atomic E-state index is 5.52. The minimum Gasteiger partial charge on any atom is -0.487 e. The van der Waals surface area contributed by atoms with Crippen molar-refractivity contribution in [2.24, 2.45) is 0 Å². The Morgan fingerprint density at radius 3 is 2.60 bits per heavy atom. The van der Waals surface area contributed by atoms with Crippen molar-refractivity contribution in [2.45, 2.75) is 13.5 Å². The molecule has 0 aliphatic carbocycles. The second-order valence-corrected chi connectivity index (χ2v) is 4.28. The molecule has 0 radical (unpaired) electrons. The molecule has 78 valence electrons.